The van der Waals surface area contributed by atoms with Crippen molar-refractivity contribution in [2.45, 2.75) is 26.4 Å². The first-order chi connectivity index (χ1) is 11.8. The fourth-order valence-electron chi connectivity index (χ4n) is 2.65. The Kier molecular flexibility index (Phi) is 4.17. The summed E-state index contributed by atoms with van der Waals surface area (Å²) in [6.45, 7) is 5.34. The van der Waals surface area contributed by atoms with Crippen LogP contribution in [0, 0.1) is 0 Å². The van der Waals surface area contributed by atoms with Crippen molar-refractivity contribution >= 4 is 33.6 Å². The molecule has 0 spiro atoms. The zero-order chi connectivity index (χ0) is 18.2. The number of ether oxygens (including phenoxy) is 2. The topological polar surface area (TPSA) is 65.5 Å². The highest BCUT2D eigenvalue weighted by Crippen LogP contribution is 2.27. The molecule has 0 unspecified atom stereocenters. The lowest BCUT2D eigenvalue weighted by Crippen LogP contribution is -2.25. The predicted octanol–water partition coefficient (Wildman–Crippen LogP) is 4.13. The Labute approximate surface area is 145 Å². The van der Waals surface area contributed by atoms with E-state index in [2.05, 4.69) is 4.98 Å². The van der Waals surface area contributed by atoms with E-state index in [1.165, 1.54) is 7.11 Å². The van der Waals surface area contributed by atoms with Crippen molar-refractivity contribution < 1.29 is 19.1 Å². The maximum Gasteiger partial charge on any atom is 0.339 e. The normalized spacial score (nSPS) is 11.5. The molecule has 3 rings (SSSR count). The van der Waals surface area contributed by atoms with E-state index < -0.39 is 17.5 Å². The second kappa shape index (κ2) is 6.16. The molecule has 0 bridgehead atoms. The fraction of sp³-hybridized carbons (Fsp3) is 0.250. The summed E-state index contributed by atoms with van der Waals surface area (Å²) < 4.78 is 10.3. The average molecular weight is 337 g/mol. The van der Waals surface area contributed by atoms with E-state index in [9.17, 15) is 9.59 Å². The molecular weight excluding hydrogens is 318 g/mol. The van der Waals surface area contributed by atoms with Crippen molar-refractivity contribution in [3.8, 4) is 0 Å². The number of carbonyl (C=O) groups is 2. The summed E-state index contributed by atoms with van der Waals surface area (Å²) in [7, 11) is 1.29. The third-order valence-electron chi connectivity index (χ3n) is 3.72. The molecule has 1 heterocycles. The highest BCUT2D eigenvalue weighted by atomic mass is 16.6. The number of methoxy groups -OCH3 is 1. The van der Waals surface area contributed by atoms with Gasteiger partial charge in [0.1, 0.15) is 5.60 Å². The summed E-state index contributed by atoms with van der Waals surface area (Å²) in [6, 6.07) is 10.9. The maximum atomic E-state index is 12.6. The minimum Gasteiger partial charge on any atom is -0.465 e. The Hall–Kier alpha value is -2.95. The van der Waals surface area contributed by atoms with E-state index in [0.717, 1.165) is 21.7 Å². The van der Waals surface area contributed by atoms with Crippen LogP contribution in [0.1, 0.15) is 41.5 Å². The number of carbonyl (C=O) groups excluding carboxylic acids is 2. The van der Waals surface area contributed by atoms with Crippen LogP contribution in [-0.4, -0.2) is 29.6 Å². The molecule has 0 N–H and O–H groups in total. The quantitative estimate of drug-likeness (QED) is 0.519. The minimum atomic E-state index is -0.660. The first-order valence-corrected chi connectivity index (χ1v) is 7.93. The molecule has 0 aliphatic carbocycles. The molecular formula is C20H19NO4. The molecule has 0 radical (unpaired) electrons. The summed E-state index contributed by atoms with van der Waals surface area (Å²) >= 11 is 0. The van der Waals surface area contributed by atoms with Crippen molar-refractivity contribution in [3.05, 3.63) is 53.7 Å². The summed E-state index contributed by atoms with van der Waals surface area (Å²) in [6.07, 6.45) is 1.71. The number of benzene rings is 2. The molecule has 0 aliphatic heterocycles. The number of pyridine rings is 1. The molecule has 0 saturated carbocycles. The minimum absolute atomic E-state index is 0.180. The molecule has 0 atom stereocenters. The third kappa shape index (κ3) is 3.45. The molecule has 5 nitrogen and oxygen atoms in total. The van der Waals surface area contributed by atoms with E-state index in [1.54, 1.807) is 39.1 Å². The van der Waals surface area contributed by atoms with Crippen LogP contribution >= 0.6 is 0 Å². The van der Waals surface area contributed by atoms with Crippen molar-refractivity contribution in [1.29, 1.82) is 0 Å². The summed E-state index contributed by atoms with van der Waals surface area (Å²) in [5, 5.41) is 2.59. The Morgan fingerprint density at radius 2 is 1.56 bits per heavy atom. The lowest BCUT2D eigenvalue weighted by molar-refractivity contribution is 0.00654. The van der Waals surface area contributed by atoms with Crippen LogP contribution in [0.2, 0.25) is 0 Å². The number of nitrogens with zero attached hydrogens (tertiary/aromatic N) is 1. The largest absolute Gasteiger partial charge is 0.465 e. The molecule has 0 saturated heterocycles. The number of hydrogen-bond acceptors (Lipinski definition) is 5. The molecule has 5 heteroatoms. The second-order valence-electron chi connectivity index (χ2n) is 6.79. The predicted molar refractivity (Wildman–Crippen MR) is 95.8 cm³/mol. The highest BCUT2D eigenvalue weighted by Gasteiger charge is 2.24. The van der Waals surface area contributed by atoms with Gasteiger partial charge >= 0.3 is 11.9 Å². The van der Waals surface area contributed by atoms with E-state index in [4.69, 9.17) is 9.47 Å². The van der Waals surface area contributed by atoms with Crippen LogP contribution in [0.5, 0.6) is 0 Å². The van der Waals surface area contributed by atoms with Crippen molar-refractivity contribution in [3.63, 3.8) is 0 Å². The lowest BCUT2D eigenvalue weighted by Gasteiger charge is -2.20. The third-order valence-corrected chi connectivity index (χ3v) is 3.72. The molecule has 3 aromatic rings. The van der Waals surface area contributed by atoms with E-state index in [0.29, 0.717) is 0 Å². The van der Waals surface area contributed by atoms with E-state index >= 15 is 0 Å². The zero-order valence-electron chi connectivity index (χ0n) is 14.6. The number of esters is 2. The number of hydrogen-bond donors (Lipinski definition) is 0. The first kappa shape index (κ1) is 16.9. The Morgan fingerprint density at radius 1 is 0.920 bits per heavy atom. The summed E-state index contributed by atoms with van der Waals surface area (Å²) in [5.41, 5.74) is 0.528. The standard InChI is InChI=1S/C20H19NO4/c1-20(2,3)25-19(23)16-9-13-8-12-6-5-7-21-17(12)11-14(13)10-15(16)18(22)24-4/h5-11H,1-4H3. The fourth-order valence-corrected chi connectivity index (χ4v) is 2.65. The van der Waals surface area contributed by atoms with Gasteiger partial charge in [-0.2, -0.15) is 0 Å². The SMILES string of the molecule is COC(=O)c1cc2cc3ncccc3cc2cc1C(=O)OC(C)(C)C. The highest BCUT2D eigenvalue weighted by molar-refractivity contribution is 6.09. The molecule has 1 aromatic heterocycles. The van der Waals surface area contributed by atoms with Gasteiger partial charge in [0.05, 0.1) is 23.8 Å². The monoisotopic (exact) mass is 337 g/mol. The lowest BCUT2D eigenvalue weighted by atomic mass is 9.99. The number of fused-ring (bicyclic) bond motifs is 2. The number of rotatable bonds is 2. The molecule has 0 aliphatic rings. The van der Waals surface area contributed by atoms with Crippen LogP contribution in [0.25, 0.3) is 21.7 Å². The van der Waals surface area contributed by atoms with Gasteiger partial charge in [0, 0.05) is 11.6 Å². The van der Waals surface area contributed by atoms with Gasteiger partial charge < -0.3 is 9.47 Å². The average Bonchev–Trinajstić information content (AvgIpc) is 2.56. The Morgan fingerprint density at radius 3 is 2.20 bits per heavy atom. The van der Waals surface area contributed by atoms with Crippen LogP contribution < -0.4 is 0 Å². The Bertz CT molecular complexity index is 986. The van der Waals surface area contributed by atoms with Gasteiger partial charge in [-0.3, -0.25) is 4.98 Å². The van der Waals surface area contributed by atoms with Gasteiger partial charge in [-0.05, 0) is 61.9 Å². The first-order valence-electron chi connectivity index (χ1n) is 7.93. The van der Waals surface area contributed by atoms with E-state index in [-0.39, 0.29) is 11.1 Å². The van der Waals surface area contributed by atoms with Gasteiger partial charge in [-0.25, -0.2) is 9.59 Å². The molecule has 0 amide bonds. The van der Waals surface area contributed by atoms with Crippen molar-refractivity contribution in [2.75, 3.05) is 7.11 Å². The van der Waals surface area contributed by atoms with Gasteiger partial charge in [0.15, 0.2) is 0 Å². The summed E-state index contributed by atoms with van der Waals surface area (Å²) in [4.78, 5) is 29.1. The van der Waals surface area contributed by atoms with Gasteiger partial charge in [0.25, 0.3) is 0 Å². The molecule has 128 valence electrons. The van der Waals surface area contributed by atoms with Crippen LogP contribution in [0.3, 0.4) is 0 Å². The number of aromatic nitrogens is 1. The molecule has 0 fully saturated rings. The van der Waals surface area contributed by atoms with Crippen molar-refractivity contribution in [2.24, 2.45) is 0 Å². The van der Waals surface area contributed by atoms with Crippen LogP contribution in [-0.2, 0) is 9.47 Å². The van der Waals surface area contributed by atoms with Gasteiger partial charge in [-0.15, -0.1) is 0 Å². The zero-order valence-corrected chi connectivity index (χ0v) is 14.6. The van der Waals surface area contributed by atoms with Crippen molar-refractivity contribution in [1.82, 2.24) is 4.98 Å². The van der Waals surface area contributed by atoms with Crippen LogP contribution in [0.4, 0.5) is 0 Å². The van der Waals surface area contributed by atoms with Gasteiger partial charge in [-0.1, -0.05) is 6.07 Å². The molecule has 2 aromatic carbocycles. The van der Waals surface area contributed by atoms with E-state index in [1.807, 2.05) is 24.3 Å². The van der Waals surface area contributed by atoms with Crippen LogP contribution in [0.15, 0.2) is 42.6 Å². The molecule has 25 heavy (non-hydrogen) atoms. The Balaban J connectivity index is 2.23. The maximum absolute atomic E-state index is 12.6. The smallest absolute Gasteiger partial charge is 0.339 e. The van der Waals surface area contributed by atoms with Gasteiger partial charge in [0.2, 0.25) is 0 Å². The summed E-state index contributed by atoms with van der Waals surface area (Å²) in [5.74, 6) is -1.13. The second-order valence-corrected chi connectivity index (χ2v) is 6.79.